The van der Waals surface area contributed by atoms with Crippen LogP contribution in [0.25, 0.3) is 11.3 Å². The fourth-order valence-corrected chi connectivity index (χ4v) is 3.29. The average Bonchev–Trinajstić information content (AvgIpc) is 3.13. The van der Waals surface area contributed by atoms with Crippen LogP contribution in [0.1, 0.15) is 23.7 Å². The molecule has 0 saturated heterocycles. The number of hydrogen-bond acceptors (Lipinski definition) is 9. The van der Waals surface area contributed by atoms with Gasteiger partial charge >= 0.3 is 0 Å². The van der Waals surface area contributed by atoms with Crippen LogP contribution in [0.4, 0.5) is 5.95 Å². The number of aromatic nitrogens is 4. The average molecular weight is 387 g/mol. The number of nitrogens with one attached hydrogen (secondary N) is 1. The van der Waals surface area contributed by atoms with Crippen LogP contribution in [0.5, 0.6) is 17.2 Å². The summed E-state index contributed by atoms with van der Waals surface area (Å²) in [5.74, 6) is 2.04. The van der Waals surface area contributed by atoms with Gasteiger partial charge in [-0.3, -0.25) is 0 Å². The van der Waals surface area contributed by atoms with Crippen LogP contribution in [-0.4, -0.2) is 41.5 Å². The van der Waals surface area contributed by atoms with E-state index in [0.717, 1.165) is 16.3 Å². The molecule has 0 aliphatic heterocycles. The van der Waals surface area contributed by atoms with Crippen LogP contribution >= 0.6 is 11.3 Å². The SMILES string of the molecule is COc1cc(-c2cnnc(NC(C)c3csc(C)n3)n2)cc(OC)c1OC. The van der Waals surface area contributed by atoms with E-state index in [9.17, 15) is 0 Å². The lowest BCUT2D eigenvalue weighted by Crippen LogP contribution is -2.11. The Balaban J connectivity index is 1.91. The maximum atomic E-state index is 5.40. The van der Waals surface area contributed by atoms with Gasteiger partial charge in [0.1, 0.15) is 0 Å². The van der Waals surface area contributed by atoms with Crippen molar-refractivity contribution < 1.29 is 14.2 Å². The van der Waals surface area contributed by atoms with E-state index in [4.69, 9.17) is 14.2 Å². The van der Waals surface area contributed by atoms with Crippen LogP contribution in [0.3, 0.4) is 0 Å². The van der Waals surface area contributed by atoms with Crippen molar-refractivity contribution in [3.05, 3.63) is 34.4 Å². The number of nitrogens with zero attached hydrogens (tertiary/aromatic N) is 4. The van der Waals surface area contributed by atoms with Gasteiger partial charge in [-0.2, -0.15) is 5.10 Å². The van der Waals surface area contributed by atoms with E-state index >= 15 is 0 Å². The van der Waals surface area contributed by atoms with Gasteiger partial charge in [-0.1, -0.05) is 0 Å². The third kappa shape index (κ3) is 4.08. The van der Waals surface area contributed by atoms with E-state index in [1.165, 1.54) is 0 Å². The molecular formula is C18H21N5O3S. The lowest BCUT2D eigenvalue weighted by Gasteiger charge is -2.14. The first-order chi connectivity index (χ1) is 13.0. The molecule has 2 aromatic heterocycles. The standard InChI is InChI=1S/C18H21N5O3S/c1-10(14-9-27-11(2)21-14)20-18-22-13(8-19-23-18)12-6-15(24-3)17(26-5)16(7-12)25-4/h6-10H,1-5H3,(H,20,22,23). The lowest BCUT2D eigenvalue weighted by molar-refractivity contribution is 0.324. The normalized spacial score (nSPS) is 11.7. The van der Waals surface area contributed by atoms with Crippen molar-refractivity contribution in [2.45, 2.75) is 19.9 Å². The molecule has 1 N–H and O–H groups in total. The van der Waals surface area contributed by atoms with Gasteiger partial charge in [-0.05, 0) is 26.0 Å². The molecule has 3 rings (SSSR count). The Hall–Kier alpha value is -2.94. The van der Waals surface area contributed by atoms with Gasteiger partial charge in [0, 0.05) is 10.9 Å². The molecular weight excluding hydrogens is 366 g/mol. The fourth-order valence-electron chi connectivity index (χ4n) is 2.58. The van der Waals surface area contributed by atoms with Gasteiger partial charge in [0.15, 0.2) is 11.5 Å². The van der Waals surface area contributed by atoms with Crippen LogP contribution in [-0.2, 0) is 0 Å². The summed E-state index contributed by atoms with van der Waals surface area (Å²) in [4.78, 5) is 9.05. The van der Waals surface area contributed by atoms with Crippen LogP contribution in [0, 0.1) is 6.92 Å². The molecule has 2 heterocycles. The highest BCUT2D eigenvalue weighted by Crippen LogP contribution is 2.40. The smallest absolute Gasteiger partial charge is 0.243 e. The molecule has 3 aromatic rings. The Kier molecular flexibility index (Phi) is 5.70. The minimum absolute atomic E-state index is 0.0352. The Labute approximate surface area is 161 Å². The summed E-state index contributed by atoms with van der Waals surface area (Å²) in [6.07, 6.45) is 1.59. The number of rotatable bonds is 7. The summed E-state index contributed by atoms with van der Waals surface area (Å²) >= 11 is 1.61. The number of methoxy groups -OCH3 is 3. The molecule has 0 aliphatic rings. The minimum Gasteiger partial charge on any atom is -0.493 e. The quantitative estimate of drug-likeness (QED) is 0.659. The first-order valence-corrected chi connectivity index (χ1v) is 9.12. The molecule has 27 heavy (non-hydrogen) atoms. The van der Waals surface area contributed by atoms with Crippen molar-refractivity contribution in [3.63, 3.8) is 0 Å². The molecule has 0 bridgehead atoms. The number of aryl methyl sites for hydroxylation is 1. The highest BCUT2D eigenvalue weighted by atomic mass is 32.1. The van der Waals surface area contributed by atoms with E-state index in [1.54, 1.807) is 38.9 Å². The summed E-state index contributed by atoms with van der Waals surface area (Å²) in [7, 11) is 4.71. The van der Waals surface area contributed by atoms with Gasteiger partial charge < -0.3 is 19.5 Å². The van der Waals surface area contributed by atoms with Crippen molar-refractivity contribution >= 4 is 17.3 Å². The third-order valence-corrected chi connectivity index (χ3v) is 4.74. The first-order valence-electron chi connectivity index (χ1n) is 8.24. The number of hydrogen-bond donors (Lipinski definition) is 1. The molecule has 1 atom stereocenters. The predicted molar refractivity (Wildman–Crippen MR) is 104 cm³/mol. The third-order valence-electron chi connectivity index (χ3n) is 3.95. The molecule has 0 radical (unpaired) electrons. The molecule has 9 heteroatoms. The topological polar surface area (TPSA) is 91.3 Å². The highest BCUT2D eigenvalue weighted by molar-refractivity contribution is 7.09. The molecule has 0 spiro atoms. The highest BCUT2D eigenvalue weighted by Gasteiger charge is 2.16. The predicted octanol–water partition coefficient (Wildman–Crippen LogP) is 3.50. The Morgan fingerprint density at radius 2 is 1.74 bits per heavy atom. The maximum absolute atomic E-state index is 5.40. The summed E-state index contributed by atoms with van der Waals surface area (Å²) in [5.41, 5.74) is 2.35. The fraction of sp³-hybridized carbons (Fsp3) is 0.333. The van der Waals surface area contributed by atoms with Gasteiger partial charge in [0.05, 0.1) is 50.0 Å². The zero-order valence-electron chi connectivity index (χ0n) is 15.8. The van der Waals surface area contributed by atoms with E-state index in [1.807, 2.05) is 31.4 Å². The van der Waals surface area contributed by atoms with Crippen molar-refractivity contribution in [3.8, 4) is 28.5 Å². The van der Waals surface area contributed by atoms with Crippen molar-refractivity contribution in [1.82, 2.24) is 20.2 Å². The molecule has 1 unspecified atom stereocenters. The first kappa shape index (κ1) is 18.8. The van der Waals surface area contributed by atoms with Crippen LogP contribution < -0.4 is 19.5 Å². The van der Waals surface area contributed by atoms with Gasteiger partial charge in [0.2, 0.25) is 11.7 Å². The molecule has 1 aromatic carbocycles. The summed E-state index contributed by atoms with van der Waals surface area (Å²) in [6, 6.07) is 3.61. The van der Waals surface area contributed by atoms with Crippen molar-refractivity contribution in [1.29, 1.82) is 0 Å². The van der Waals surface area contributed by atoms with Gasteiger partial charge in [-0.15, -0.1) is 16.4 Å². The number of anilines is 1. The summed E-state index contributed by atoms with van der Waals surface area (Å²) < 4.78 is 16.2. The molecule has 0 amide bonds. The monoisotopic (exact) mass is 387 g/mol. The van der Waals surface area contributed by atoms with E-state index in [-0.39, 0.29) is 6.04 Å². The van der Waals surface area contributed by atoms with E-state index in [2.05, 4.69) is 25.5 Å². The Morgan fingerprint density at radius 3 is 2.30 bits per heavy atom. The summed E-state index contributed by atoms with van der Waals surface area (Å²) in [5, 5.41) is 14.4. The minimum atomic E-state index is -0.0352. The molecule has 0 aliphatic carbocycles. The van der Waals surface area contributed by atoms with E-state index in [0.29, 0.717) is 28.9 Å². The van der Waals surface area contributed by atoms with E-state index < -0.39 is 0 Å². The lowest BCUT2D eigenvalue weighted by atomic mass is 10.1. The van der Waals surface area contributed by atoms with Crippen LogP contribution in [0.2, 0.25) is 0 Å². The Morgan fingerprint density at radius 1 is 1.04 bits per heavy atom. The number of benzene rings is 1. The molecule has 142 valence electrons. The molecule has 8 nitrogen and oxygen atoms in total. The molecule has 0 saturated carbocycles. The van der Waals surface area contributed by atoms with Gasteiger partial charge in [-0.25, -0.2) is 9.97 Å². The second-order valence-electron chi connectivity index (χ2n) is 5.74. The molecule has 0 fully saturated rings. The van der Waals surface area contributed by atoms with Crippen molar-refractivity contribution in [2.24, 2.45) is 0 Å². The zero-order valence-corrected chi connectivity index (χ0v) is 16.6. The number of ether oxygens (including phenoxy) is 3. The van der Waals surface area contributed by atoms with Crippen molar-refractivity contribution in [2.75, 3.05) is 26.6 Å². The second kappa shape index (κ2) is 8.17. The zero-order chi connectivity index (χ0) is 19.4. The Bertz CT molecular complexity index is 906. The summed E-state index contributed by atoms with van der Waals surface area (Å²) in [6.45, 7) is 3.98. The van der Waals surface area contributed by atoms with Crippen LogP contribution in [0.15, 0.2) is 23.7 Å². The largest absolute Gasteiger partial charge is 0.493 e. The maximum Gasteiger partial charge on any atom is 0.243 e. The number of thiazole rings is 1. The van der Waals surface area contributed by atoms with Gasteiger partial charge in [0.25, 0.3) is 0 Å². The second-order valence-corrected chi connectivity index (χ2v) is 6.80.